The molecule has 0 saturated heterocycles. The molecule has 29 heavy (non-hydrogen) atoms. The van der Waals surface area contributed by atoms with E-state index in [9.17, 15) is 20.1 Å². The number of hydrogen-bond donors (Lipinski definition) is 4. The third kappa shape index (κ3) is 5.14. The number of carboxylic acid groups (broad SMARTS) is 1. The topological polar surface area (TPSA) is 104 Å². The molecule has 0 aliphatic rings. The van der Waals surface area contributed by atoms with Crippen molar-refractivity contribution < 1.29 is 20.1 Å². The quantitative estimate of drug-likeness (QED) is 0.271. The molecule has 3 aromatic carbocycles. The van der Waals surface area contributed by atoms with Gasteiger partial charge in [-0.25, -0.2) is 0 Å². The minimum Gasteiger partial charge on any atom is -0.508 e. The Morgan fingerprint density at radius 2 is 1.66 bits per heavy atom. The van der Waals surface area contributed by atoms with Gasteiger partial charge < -0.3 is 21.1 Å². The second-order valence-corrected chi connectivity index (χ2v) is 10.0. The molecule has 8 heteroatoms. The van der Waals surface area contributed by atoms with Crippen LogP contribution in [0.15, 0.2) is 48.5 Å². The van der Waals surface area contributed by atoms with E-state index >= 15 is 0 Å². The zero-order chi connectivity index (χ0) is 21.3. The Hall–Kier alpha value is -1.12. The maximum Gasteiger partial charge on any atom is 0.320 e. The molecular formula is C21H16I3NO4. The normalized spacial score (nSPS) is 12.0. The molecule has 5 N–H and O–H groups in total. The molecule has 150 valence electrons. The maximum atomic E-state index is 11.3. The minimum absolute atomic E-state index is 0.0905. The zero-order valence-electron chi connectivity index (χ0n) is 14.9. The van der Waals surface area contributed by atoms with Crippen LogP contribution < -0.4 is 5.73 Å². The van der Waals surface area contributed by atoms with Crippen molar-refractivity contribution in [2.45, 2.75) is 12.5 Å². The van der Waals surface area contributed by atoms with Crippen LogP contribution in [0.3, 0.4) is 0 Å². The number of aromatic hydroxyl groups is 2. The van der Waals surface area contributed by atoms with Crippen LogP contribution in [0.2, 0.25) is 0 Å². The highest BCUT2D eigenvalue weighted by molar-refractivity contribution is 14.1. The van der Waals surface area contributed by atoms with Crippen molar-refractivity contribution in [3.63, 3.8) is 0 Å². The molecule has 1 atom stereocenters. The van der Waals surface area contributed by atoms with Crippen LogP contribution in [0.4, 0.5) is 0 Å². The molecule has 0 amide bonds. The molecule has 0 fully saturated rings. The van der Waals surface area contributed by atoms with Gasteiger partial charge in [-0.15, -0.1) is 0 Å². The lowest BCUT2D eigenvalue weighted by atomic mass is 9.89. The van der Waals surface area contributed by atoms with Crippen LogP contribution in [0.5, 0.6) is 11.5 Å². The average Bonchev–Trinajstić information content (AvgIpc) is 2.65. The predicted octanol–water partition coefficient (Wildman–Crippen LogP) is 5.20. The SMILES string of the molecule is NC(Cc1ccc(O)cc1-c1cc(I)cc(I)c1-c1ccc(O)c(I)c1)C(=O)O. The van der Waals surface area contributed by atoms with Gasteiger partial charge in [0, 0.05) is 12.7 Å². The van der Waals surface area contributed by atoms with E-state index in [0.29, 0.717) is 0 Å². The zero-order valence-corrected chi connectivity index (χ0v) is 21.3. The standard InChI is InChI=1S/C21H16I3NO4/c22-12-7-15(14-9-13(26)3-1-10(14)6-18(25)21(28)29)20(17(24)8-12)11-2-4-19(27)16(23)5-11/h1-5,7-9,18,26-27H,6,25H2,(H,28,29). The lowest BCUT2D eigenvalue weighted by molar-refractivity contribution is -0.138. The first-order valence-corrected chi connectivity index (χ1v) is 11.7. The van der Waals surface area contributed by atoms with E-state index in [-0.39, 0.29) is 17.9 Å². The fourth-order valence-corrected chi connectivity index (χ4v) is 5.73. The molecule has 0 aromatic heterocycles. The van der Waals surface area contributed by atoms with E-state index in [1.54, 1.807) is 18.2 Å². The van der Waals surface area contributed by atoms with E-state index in [4.69, 9.17) is 5.73 Å². The van der Waals surface area contributed by atoms with Crippen molar-refractivity contribution in [2.24, 2.45) is 5.73 Å². The molecule has 0 bridgehead atoms. The number of halogens is 3. The molecule has 0 radical (unpaired) electrons. The lowest BCUT2D eigenvalue weighted by Gasteiger charge is -2.18. The summed E-state index contributed by atoms with van der Waals surface area (Å²) in [6.45, 7) is 0. The first kappa shape index (κ1) is 22.6. The second kappa shape index (κ2) is 9.35. The predicted molar refractivity (Wildman–Crippen MR) is 138 cm³/mol. The van der Waals surface area contributed by atoms with Gasteiger partial charge in [0.05, 0.1) is 3.57 Å². The van der Waals surface area contributed by atoms with Gasteiger partial charge in [-0.1, -0.05) is 12.1 Å². The van der Waals surface area contributed by atoms with Crippen LogP contribution in [0, 0.1) is 10.7 Å². The van der Waals surface area contributed by atoms with Gasteiger partial charge in [-0.2, -0.15) is 0 Å². The summed E-state index contributed by atoms with van der Waals surface area (Å²) in [5.74, 6) is -0.774. The minimum atomic E-state index is -1.07. The Bertz CT molecular complexity index is 1100. The first-order valence-electron chi connectivity index (χ1n) is 8.46. The summed E-state index contributed by atoms with van der Waals surface area (Å²) < 4.78 is 2.74. The fraction of sp³-hybridized carbons (Fsp3) is 0.0952. The molecule has 3 aromatic rings. The summed E-state index contributed by atoms with van der Waals surface area (Å²) in [4.78, 5) is 11.3. The van der Waals surface area contributed by atoms with Gasteiger partial charge in [0.25, 0.3) is 0 Å². The summed E-state index contributed by atoms with van der Waals surface area (Å²) in [6.07, 6.45) is 0.138. The Balaban J connectivity index is 2.27. The molecule has 0 heterocycles. The summed E-state index contributed by atoms with van der Waals surface area (Å²) in [6, 6.07) is 13.3. The second-order valence-electron chi connectivity index (χ2n) is 6.47. The summed E-state index contributed by atoms with van der Waals surface area (Å²) in [7, 11) is 0. The monoisotopic (exact) mass is 727 g/mol. The van der Waals surface area contributed by atoms with Crippen molar-refractivity contribution in [2.75, 3.05) is 0 Å². The summed E-state index contributed by atoms with van der Waals surface area (Å²) in [5, 5.41) is 29.3. The lowest BCUT2D eigenvalue weighted by Crippen LogP contribution is -2.32. The van der Waals surface area contributed by atoms with Crippen molar-refractivity contribution in [3.8, 4) is 33.8 Å². The van der Waals surface area contributed by atoms with Crippen LogP contribution in [-0.4, -0.2) is 27.3 Å². The van der Waals surface area contributed by atoms with Crippen LogP contribution in [0.1, 0.15) is 5.56 Å². The van der Waals surface area contributed by atoms with Crippen LogP contribution in [-0.2, 0) is 11.2 Å². The maximum absolute atomic E-state index is 11.3. The van der Waals surface area contributed by atoms with Crippen molar-refractivity contribution in [1.82, 2.24) is 0 Å². The van der Waals surface area contributed by atoms with Gasteiger partial charge in [-0.3, -0.25) is 4.79 Å². The smallest absolute Gasteiger partial charge is 0.320 e. The summed E-state index contributed by atoms with van der Waals surface area (Å²) in [5.41, 5.74) is 9.99. The third-order valence-corrected chi connectivity index (χ3v) is 6.77. The Morgan fingerprint density at radius 3 is 2.31 bits per heavy atom. The van der Waals surface area contributed by atoms with Crippen molar-refractivity contribution in [3.05, 3.63) is 64.8 Å². The van der Waals surface area contributed by atoms with Gasteiger partial charge in [0.1, 0.15) is 17.5 Å². The number of benzene rings is 3. The van der Waals surface area contributed by atoms with Gasteiger partial charge in [-0.05, 0) is 133 Å². The van der Waals surface area contributed by atoms with Crippen molar-refractivity contribution in [1.29, 1.82) is 0 Å². The Labute approximate surface area is 208 Å². The summed E-state index contributed by atoms with van der Waals surface area (Å²) >= 11 is 6.58. The van der Waals surface area contributed by atoms with E-state index in [1.807, 2.05) is 24.3 Å². The number of phenols is 2. The largest absolute Gasteiger partial charge is 0.508 e. The fourth-order valence-electron chi connectivity index (χ4n) is 3.06. The third-order valence-electron chi connectivity index (χ3n) is 4.43. The molecule has 3 rings (SSSR count). The number of nitrogens with two attached hydrogens (primary N) is 1. The number of carboxylic acids is 1. The molecule has 0 spiro atoms. The molecule has 5 nitrogen and oxygen atoms in total. The van der Waals surface area contributed by atoms with Crippen molar-refractivity contribution >= 4 is 73.7 Å². The van der Waals surface area contributed by atoms with E-state index in [2.05, 4.69) is 67.8 Å². The number of rotatable bonds is 5. The molecule has 1 unspecified atom stereocenters. The Morgan fingerprint density at radius 1 is 0.931 bits per heavy atom. The first-order chi connectivity index (χ1) is 13.7. The number of aliphatic carboxylic acids is 1. The highest BCUT2D eigenvalue weighted by atomic mass is 127. The highest BCUT2D eigenvalue weighted by Gasteiger charge is 2.20. The van der Waals surface area contributed by atoms with Crippen LogP contribution >= 0.6 is 67.8 Å². The highest BCUT2D eigenvalue weighted by Crippen LogP contribution is 2.41. The van der Waals surface area contributed by atoms with Gasteiger partial charge in [0.15, 0.2) is 0 Å². The van der Waals surface area contributed by atoms with Gasteiger partial charge >= 0.3 is 5.97 Å². The molecular weight excluding hydrogens is 711 g/mol. The number of hydrogen-bond acceptors (Lipinski definition) is 4. The number of carbonyl (C=O) groups is 1. The van der Waals surface area contributed by atoms with E-state index in [1.165, 1.54) is 6.07 Å². The van der Waals surface area contributed by atoms with E-state index in [0.717, 1.165) is 38.5 Å². The molecule has 0 saturated carbocycles. The van der Waals surface area contributed by atoms with Gasteiger partial charge in [0.2, 0.25) is 0 Å². The molecule has 0 aliphatic carbocycles. The van der Waals surface area contributed by atoms with Crippen LogP contribution in [0.25, 0.3) is 22.3 Å². The Kier molecular flexibility index (Phi) is 7.27. The molecule has 0 aliphatic heterocycles. The number of phenolic OH excluding ortho intramolecular Hbond substituents is 2. The average molecular weight is 727 g/mol. The van der Waals surface area contributed by atoms with E-state index < -0.39 is 12.0 Å².